The quantitative estimate of drug-likeness (QED) is 0.298. The summed E-state index contributed by atoms with van der Waals surface area (Å²) in [4.78, 5) is 60.0. The lowest BCUT2D eigenvalue weighted by Crippen LogP contribution is -2.58. The van der Waals surface area contributed by atoms with Crippen LogP contribution in [0.3, 0.4) is 0 Å². The Kier molecular flexibility index (Phi) is 8.93. The fourth-order valence-electron chi connectivity index (χ4n) is 7.80. The van der Waals surface area contributed by atoms with Gasteiger partial charge in [0, 0.05) is 23.1 Å². The number of nitrogens with zero attached hydrogens (tertiary/aromatic N) is 2. The van der Waals surface area contributed by atoms with Crippen LogP contribution in [0.4, 0.5) is 5.69 Å². The van der Waals surface area contributed by atoms with E-state index in [4.69, 9.17) is 9.47 Å². The molecule has 0 unspecified atom stereocenters. The maximum Gasteiger partial charge on any atom is 0.313 e. The number of esters is 1. The van der Waals surface area contributed by atoms with Crippen molar-refractivity contribution in [3.8, 4) is 0 Å². The third-order valence-corrected chi connectivity index (χ3v) is 10.8. The number of amides is 3. The van der Waals surface area contributed by atoms with Crippen molar-refractivity contribution in [1.29, 1.82) is 0 Å². The van der Waals surface area contributed by atoms with Gasteiger partial charge in [-0.2, -0.15) is 0 Å². The van der Waals surface area contributed by atoms with Crippen LogP contribution in [-0.2, 0) is 28.7 Å². The van der Waals surface area contributed by atoms with Gasteiger partial charge >= 0.3 is 5.97 Å². The molecular formula is C38H38BrN3O7. The van der Waals surface area contributed by atoms with Crippen molar-refractivity contribution in [2.75, 3.05) is 18.1 Å². The maximum atomic E-state index is 15.1. The summed E-state index contributed by atoms with van der Waals surface area (Å²) < 4.78 is 13.4. The number of allylic oxidation sites excluding steroid dienone is 1. The fourth-order valence-corrected chi connectivity index (χ4v) is 8.54. The lowest BCUT2D eigenvalue weighted by Gasteiger charge is -2.37. The number of carbonyl (C=O) groups excluding carboxylic acids is 4. The molecule has 3 aromatic rings. The van der Waals surface area contributed by atoms with Gasteiger partial charge < -0.3 is 29.7 Å². The first-order chi connectivity index (χ1) is 23.6. The molecule has 11 heteroatoms. The van der Waals surface area contributed by atoms with Gasteiger partial charge in [0.1, 0.15) is 29.8 Å². The lowest BCUT2D eigenvalue weighted by molar-refractivity contribution is -0.161. The lowest BCUT2D eigenvalue weighted by atomic mass is 9.74. The molecule has 4 heterocycles. The minimum absolute atomic E-state index is 0.151. The summed E-state index contributed by atoms with van der Waals surface area (Å²) in [5.41, 5.74) is -0.208. The molecule has 7 rings (SSSR count). The van der Waals surface area contributed by atoms with Crippen LogP contribution in [0.5, 0.6) is 0 Å². The Bertz CT molecular complexity index is 1860. The maximum absolute atomic E-state index is 15.1. The number of aliphatic hydroxyl groups excluding tert-OH is 1. The molecule has 254 valence electrons. The van der Waals surface area contributed by atoms with E-state index in [2.05, 4.69) is 21.2 Å². The number of hydrogen-bond donors (Lipinski definition) is 2. The third-order valence-electron chi connectivity index (χ3n) is 10.1. The van der Waals surface area contributed by atoms with Crippen LogP contribution in [0.25, 0.3) is 10.8 Å². The van der Waals surface area contributed by atoms with Gasteiger partial charge in [-0.1, -0.05) is 88.7 Å². The molecule has 2 saturated heterocycles. The zero-order chi connectivity index (χ0) is 34.4. The zero-order valence-corrected chi connectivity index (χ0v) is 28.8. The number of benzene rings is 3. The Balaban J connectivity index is 1.36. The number of anilines is 1. The second kappa shape index (κ2) is 13.2. The molecule has 5 bridgehead atoms. The van der Waals surface area contributed by atoms with Crippen molar-refractivity contribution in [2.24, 2.45) is 11.8 Å². The number of cyclic esters (lactones) is 1. The van der Waals surface area contributed by atoms with Crippen molar-refractivity contribution in [3.05, 3.63) is 101 Å². The van der Waals surface area contributed by atoms with Crippen LogP contribution in [-0.4, -0.2) is 76.7 Å². The summed E-state index contributed by atoms with van der Waals surface area (Å²) in [6, 6.07) is 20.2. The van der Waals surface area contributed by atoms with Gasteiger partial charge in [-0.3, -0.25) is 19.2 Å². The largest absolute Gasteiger partial charge is 0.455 e. The van der Waals surface area contributed by atoms with Crippen molar-refractivity contribution in [1.82, 2.24) is 10.2 Å². The van der Waals surface area contributed by atoms with E-state index in [1.807, 2.05) is 84.9 Å². The SMILES string of the molecule is C[C@@H]1NC(=O)CC/C=C\CN(c2ccc3ccccc3c2)C(=O)[C@H]2N([C@H](C)CO)C(=O)[C@@H]3[C@@H](C(=O)O[C@H]1c1ccccc1)[C@@H]1O[C@@]32C=C1Br. The van der Waals surface area contributed by atoms with Crippen LogP contribution in [0, 0.1) is 11.8 Å². The van der Waals surface area contributed by atoms with Crippen LogP contribution < -0.4 is 10.2 Å². The van der Waals surface area contributed by atoms with Crippen molar-refractivity contribution in [3.63, 3.8) is 0 Å². The first kappa shape index (κ1) is 33.2. The molecule has 0 aliphatic carbocycles. The summed E-state index contributed by atoms with van der Waals surface area (Å²) in [6.45, 7) is 3.21. The van der Waals surface area contributed by atoms with Crippen molar-refractivity contribution >= 4 is 56.1 Å². The molecule has 0 saturated carbocycles. The van der Waals surface area contributed by atoms with Gasteiger partial charge in [0.25, 0.3) is 5.91 Å². The number of fused-ring (bicyclic) bond motifs is 3. The first-order valence-electron chi connectivity index (χ1n) is 16.6. The molecule has 3 amide bonds. The normalized spacial score (nSPS) is 31.7. The Morgan fingerprint density at radius 1 is 0.959 bits per heavy atom. The van der Waals surface area contributed by atoms with Gasteiger partial charge in [-0.25, -0.2) is 0 Å². The van der Waals surface area contributed by atoms with Crippen molar-refractivity contribution < 1.29 is 33.8 Å². The van der Waals surface area contributed by atoms with E-state index in [0.717, 1.165) is 10.8 Å². The van der Waals surface area contributed by atoms with Crippen LogP contribution in [0.15, 0.2) is 95.5 Å². The van der Waals surface area contributed by atoms with Crippen LogP contribution >= 0.6 is 15.9 Å². The fraction of sp³-hybridized carbons (Fsp3) is 0.368. The van der Waals surface area contributed by atoms with Gasteiger partial charge in [0.15, 0.2) is 0 Å². The van der Waals surface area contributed by atoms with E-state index in [1.165, 1.54) is 4.90 Å². The number of carbonyl (C=O) groups is 4. The molecule has 8 atom stereocenters. The average molecular weight is 729 g/mol. The number of hydrogen-bond acceptors (Lipinski definition) is 7. The predicted octanol–water partition coefficient (Wildman–Crippen LogP) is 4.57. The summed E-state index contributed by atoms with van der Waals surface area (Å²) in [5.74, 6) is -3.94. The highest BCUT2D eigenvalue weighted by Gasteiger charge is 2.75. The standard InChI is InChI=1S/C38H38BrN3O7/c1-22(21-43)42-34-36(46)41(27-17-16-24-11-8-9-14-26(24)19-27)18-10-4-7-15-29(44)40-23(2)32(25-12-5-3-6-13-25)48-37(47)30-31(35(42)45)38(34)20-28(39)33(30)49-38/h3-6,8-14,16-17,19-20,22-23,30-34,43H,7,15,18,21H2,1-2H3,(H,40,44)/b10-4-/t22-,23+,30-,31+,32-,33-,34-,38+/m1/s1. The second-order valence-corrected chi connectivity index (χ2v) is 14.1. The molecule has 4 aliphatic heterocycles. The summed E-state index contributed by atoms with van der Waals surface area (Å²) in [5, 5.41) is 15.3. The van der Waals surface area contributed by atoms with Crippen LogP contribution in [0.1, 0.15) is 38.4 Å². The number of nitrogens with one attached hydrogen (secondary N) is 1. The van der Waals surface area contributed by atoms with Gasteiger partial charge in [-0.05, 0) is 54.8 Å². The van der Waals surface area contributed by atoms with Gasteiger partial charge in [-0.15, -0.1) is 0 Å². The summed E-state index contributed by atoms with van der Waals surface area (Å²) >= 11 is 3.59. The average Bonchev–Trinajstić information content (AvgIpc) is 3.70. The molecular weight excluding hydrogens is 690 g/mol. The second-order valence-electron chi connectivity index (χ2n) is 13.2. The molecule has 2 N–H and O–H groups in total. The highest BCUT2D eigenvalue weighted by Crippen LogP contribution is 2.59. The molecule has 1 spiro atoms. The molecule has 49 heavy (non-hydrogen) atoms. The number of aliphatic hydroxyl groups is 1. The molecule has 4 aliphatic rings. The van der Waals surface area contributed by atoms with Crippen molar-refractivity contribution in [2.45, 2.75) is 62.6 Å². The van der Waals surface area contributed by atoms with E-state index >= 15 is 4.79 Å². The molecule has 2 fully saturated rings. The van der Waals surface area contributed by atoms with E-state index in [9.17, 15) is 19.5 Å². The summed E-state index contributed by atoms with van der Waals surface area (Å²) in [7, 11) is 0. The minimum Gasteiger partial charge on any atom is -0.455 e. The Hall–Kier alpha value is -4.32. The smallest absolute Gasteiger partial charge is 0.313 e. The van der Waals surface area contributed by atoms with E-state index in [-0.39, 0.29) is 18.9 Å². The molecule has 10 nitrogen and oxygen atoms in total. The molecule has 0 aromatic heterocycles. The van der Waals surface area contributed by atoms with Crippen LogP contribution in [0.2, 0.25) is 0 Å². The van der Waals surface area contributed by atoms with Gasteiger partial charge in [0.2, 0.25) is 11.8 Å². The highest BCUT2D eigenvalue weighted by molar-refractivity contribution is 9.11. The minimum atomic E-state index is -1.50. The number of rotatable bonds is 4. The monoisotopic (exact) mass is 727 g/mol. The first-order valence-corrected chi connectivity index (χ1v) is 17.4. The summed E-state index contributed by atoms with van der Waals surface area (Å²) in [6.07, 6.45) is 4.34. The topological polar surface area (TPSA) is 125 Å². The van der Waals surface area contributed by atoms with E-state index in [1.54, 1.807) is 24.8 Å². The zero-order valence-electron chi connectivity index (χ0n) is 27.2. The Labute approximate surface area is 292 Å². The van der Waals surface area contributed by atoms with E-state index < -0.39 is 72.2 Å². The van der Waals surface area contributed by atoms with Gasteiger partial charge in [0.05, 0.1) is 24.6 Å². The molecule has 0 radical (unpaired) electrons. The number of ether oxygens (including phenoxy) is 2. The third kappa shape index (κ3) is 5.67. The Morgan fingerprint density at radius 2 is 1.69 bits per heavy atom. The van der Waals surface area contributed by atoms with E-state index in [0.29, 0.717) is 22.2 Å². The number of halogens is 1. The number of likely N-dealkylation sites (tertiary alicyclic amines) is 1. The molecule has 3 aromatic carbocycles. The predicted molar refractivity (Wildman–Crippen MR) is 186 cm³/mol. The Morgan fingerprint density at radius 3 is 2.45 bits per heavy atom. The highest BCUT2D eigenvalue weighted by atomic mass is 79.9.